The zero-order chi connectivity index (χ0) is 44.5. The maximum Gasteiger partial charge on any atom is 1.00 e. The van der Waals surface area contributed by atoms with E-state index >= 15 is 0 Å². The zero-order valence-electron chi connectivity index (χ0n) is 40.4. The van der Waals surface area contributed by atoms with E-state index in [9.17, 15) is 19.8 Å². The van der Waals surface area contributed by atoms with E-state index in [1.807, 2.05) is 24.6 Å². The number of amides is 1. The molecule has 1 amide bonds. The average Bonchev–Trinajstić information content (AvgIpc) is 4.10. The molecule has 2 aromatic heterocycles. The molecule has 0 unspecified atom stereocenters. The molecule has 364 valence electrons. The van der Waals surface area contributed by atoms with Gasteiger partial charge in [0.15, 0.2) is 10.8 Å². The molecule has 11 heteroatoms. The van der Waals surface area contributed by atoms with Crippen LogP contribution in [0.1, 0.15) is 188 Å². The van der Waals surface area contributed by atoms with Crippen molar-refractivity contribution >= 4 is 34.4 Å². The Balaban J connectivity index is 0.000000230. The van der Waals surface area contributed by atoms with E-state index in [0.29, 0.717) is 17.6 Å². The summed E-state index contributed by atoms with van der Waals surface area (Å²) in [7, 11) is 3.34. The number of carbonyl (C=O) groups excluding carboxylic acids is 2. The van der Waals surface area contributed by atoms with Crippen molar-refractivity contribution in [3.8, 4) is 0 Å². The van der Waals surface area contributed by atoms with Gasteiger partial charge in [-0.05, 0) is 199 Å². The van der Waals surface area contributed by atoms with E-state index in [-0.39, 0.29) is 62.3 Å². The number of hydroxylamine groups is 2. The van der Waals surface area contributed by atoms with Gasteiger partial charge >= 0.3 is 18.9 Å². The fourth-order valence-electron chi connectivity index (χ4n) is 16.0. The molecular weight excluding hydrogens is 842 g/mol. The van der Waals surface area contributed by atoms with E-state index < -0.39 is 11.2 Å². The summed E-state index contributed by atoms with van der Waals surface area (Å²) < 4.78 is 0. The first-order valence-electron chi connectivity index (χ1n) is 24.9. The Kier molecular flexibility index (Phi) is 20.6. The van der Waals surface area contributed by atoms with Crippen LogP contribution in [0.2, 0.25) is 0 Å². The van der Waals surface area contributed by atoms with Crippen LogP contribution in [-0.4, -0.2) is 62.3 Å². The van der Waals surface area contributed by atoms with Crippen molar-refractivity contribution in [2.75, 3.05) is 14.2 Å². The zero-order valence-corrected chi connectivity index (χ0v) is 42.1. The normalized spacial score (nSPS) is 41.7. The van der Waals surface area contributed by atoms with E-state index in [1.165, 1.54) is 99.9 Å². The summed E-state index contributed by atoms with van der Waals surface area (Å²) in [6.45, 7) is 14.6. The van der Waals surface area contributed by atoms with Crippen LogP contribution in [0.3, 0.4) is 0 Å². The van der Waals surface area contributed by atoms with Gasteiger partial charge < -0.3 is 17.1 Å². The second-order valence-electron chi connectivity index (χ2n) is 22.4. The van der Waals surface area contributed by atoms with Crippen molar-refractivity contribution in [1.82, 2.24) is 15.0 Å². The monoisotopic (exact) mass is 932 g/mol. The summed E-state index contributed by atoms with van der Waals surface area (Å²) in [5, 5.41) is 27.1. The molecular formula is C54H90LiN3O5S2. The molecule has 0 radical (unpaired) electrons. The molecule has 8 aliphatic rings. The summed E-state index contributed by atoms with van der Waals surface area (Å²) >= 11 is 3.11. The molecule has 65 heavy (non-hydrogen) atoms. The second kappa shape index (κ2) is 23.7. The number of rotatable bonds is 5. The van der Waals surface area contributed by atoms with Crippen LogP contribution >= 0.6 is 22.7 Å². The van der Waals surface area contributed by atoms with E-state index in [0.717, 1.165) is 97.3 Å². The number of aromatic nitrogens is 2. The number of unbranched alkanes of at least 4 members (excludes halogenated alkanes) is 1. The number of fused-ring (bicyclic) bond motifs is 10. The number of carbonyl (C=O) groups is 2. The fourth-order valence-corrected chi connectivity index (χ4v) is 17.0. The molecule has 0 aliphatic heterocycles. The van der Waals surface area contributed by atoms with Gasteiger partial charge in [-0.1, -0.05) is 42.0 Å². The Bertz CT molecular complexity index is 1720. The molecule has 16 atom stereocenters. The Hall–Kier alpha value is -1.12. The predicted molar refractivity (Wildman–Crippen MR) is 265 cm³/mol. The molecule has 0 aromatic carbocycles. The summed E-state index contributed by atoms with van der Waals surface area (Å²) in [6, 6.07) is 0. The molecule has 8 saturated carbocycles. The molecule has 8 fully saturated rings. The number of nitrogens with zero attached hydrogens (tertiary/aromatic N) is 3. The van der Waals surface area contributed by atoms with E-state index in [1.54, 1.807) is 43.4 Å². The van der Waals surface area contributed by atoms with Gasteiger partial charge in [-0.15, -0.1) is 22.7 Å². The van der Waals surface area contributed by atoms with Gasteiger partial charge in [-0.3, -0.25) is 19.4 Å². The Morgan fingerprint density at radius 2 is 1.22 bits per heavy atom. The minimum Gasteiger partial charge on any atom is -0.390 e. The van der Waals surface area contributed by atoms with Crippen LogP contribution in [0.15, 0.2) is 28.7 Å². The van der Waals surface area contributed by atoms with Gasteiger partial charge in [0.2, 0.25) is 5.91 Å². The SMILES string of the molecule is C.C.CON(C)C(=O)[C@H]1CC[C@H]2[C@@H]3CC[C@@H]4C[C@](C)(O)CC[C@@H]4[C@H]3CC[C@]12C.C[C@@]1(O)CC[C@H]2[C@H](CC[C@@H]3[C@@H]2CC[C@]2(C)[C@@H](C(=O)c4nccs4)CC[C@@H]32)C1.[CH2-]CCC.[Li+].c1cscn1. The van der Waals surface area contributed by atoms with Crippen LogP contribution in [0.25, 0.3) is 0 Å². The molecule has 2 aromatic rings. The summed E-state index contributed by atoms with van der Waals surface area (Å²) in [5.41, 5.74) is 1.25. The van der Waals surface area contributed by atoms with Crippen molar-refractivity contribution in [3.63, 3.8) is 0 Å². The molecule has 0 saturated heterocycles. The van der Waals surface area contributed by atoms with E-state index in [2.05, 4.69) is 37.7 Å². The third kappa shape index (κ3) is 11.9. The minimum absolute atomic E-state index is 0. The second-order valence-corrected chi connectivity index (χ2v) is 24.1. The Labute approximate surface area is 416 Å². The smallest absolute Gasteiger partial charge is 0.390 e. The molecule has 8 nitrogen and oxygen atoms in total. The first-order valence-corrected chi connectivity index (χ1v) is 26.7. The van der Waals surface area contributed by atoms with Crippen molar-refractivity contribution in [1.29, 1.82) is 0 Å². The largest absolute Gasteiger partial charge is 1.00 e. The van der Waals surface area contributed by atoms with Crippen molar-refractivity contribution in [2.24, 2.45) is 81.8 Å². The van der Waals surface area contributed by atoms with Crippen LogP contribution < -0.4 is 18.9 Å². The summed E-state index contributed by atoms with van der Waals surface area (Å²) in [5.74, 6) is 8.58. The van der Waals surface area contributed by atoms with Gasteiger partial charge in [0, 0.05) is 42.0 Å². The number of ketones is 1. The third-order valence-electron chi connectivity index (χ3n) is 19.0. The topological polar surface area (TPSA) is 113 Å². The Morgan fingerprint density at radius 1 is 0.723 bits per heavy atom. The summed E-state index contributed by atoms with van der Waals surface area (Å²) in [6.07, 6.45) is 26.9. The number of hydrogen-bond donors (Lipinski definition) is 2. The minimum atomic E-state index is -0.438. The van der Waals surface area contributed by atoms with Gasteiger partial charge in [0.1, 0.15) is 0 Å². The fraction of sp³-hybridized carbons (Fsp3) is 0.833. The Morgan fingerprint density at radius 3 is 1.63 bits per heavy atom. The molecule has 10 rings (SSSR count). The quantitative estimate of drug-likeness (QED) is 0.133. The van der Waals surface area contributed by atoms with Crippen LogP contribution in [0.5, 0.6) is 0 Å². The van der Waals surface area contributed by atoms with Gasteiger partial charge in [-0.25, -0.2) is 10.0 Å². The third-order valence-corrected chi connectivity index (χ3v) is 20.3. The molecule has 2 N–H and O–H groups in total. The molecule has 0 spiro atoms. The van der Waals surface area contributed by atoms with Crippen molar-refractivity contribution in [2.45, 2.75) is 189 Å². The van der Waals surface area contributed by atoms with Crippen LogP contribution in [-0.2, 0) is 9.63 Å². The van der Waals surface area contributed by atoms with Gasteiger partial charge in [-0.2, -0.15) is 6.42 Å². The number of hydrogen-bond acceptors (Lipinski definition) is 9. The van der Waals surface area contributed by atoms with Gasteiger partial charge in [0.05, 0.1) is 23.8 Å². The summed E-state index contributed by atoms with van der Waals surface area (Å²) in [4.78, 5) is 39.3. The first-order chi connectivity index (χ1) is 29.6. The number of thiazole rings is 2. The van der Waals surface area contributed by atoms with Crippen LogP contribution in [0.4, 0.5) is 0 Å². The molecule has 0 bridgehead atoms. The van der Waals surface area contributed by atoms with Gasteiger partial charge in [0.25, 0.3) is 0 Å². The van der Waals surface area contributed by atoms with Crippen LogP contribution in [0, 0.1) is 88.8 Å². The maximum atomic E-state index is 13.1. The average molecular weight is 932 g/mol. The number of aliphatic hydroxyl groups is 2. The molecule has 8 aliphatic carbocycles. The van der Waals surface area contributed by atoms with Crippen molar-refractivity contribution < 1.29 is 43.5 Å². The number of Topliss-reactive ketones (excluding diaryl/α,β-unsaturated/α-hetero) is 1. The van der Waals surface area contributed by atoms with Crippen molar-refractivity contribution in [3.05, 3.63) is 40.6 Å². The predicted octanol–water partition coefficient (Wildman–Crippen LogP) is 10.4. The van der Waals surface area contributed by atoms with E-state index in [4.69, 9.17) is 4.84 Å². The maximum absolute atomic E-state index is 13.1. The molecule has 2 heterocycles. The first kappa shape index (κ1) is 56.5. The standard InChI is InChI=1S/C23H33NO2S.C22H37NO3.C4H9.C3H3NS.2CH4.Li/c1-22(26)9-7-15-14(13-22)3-4-17-16(15)8-10-23(2)18(17)5-6-19(23)20(25)21-24-11-12-27-21;1-21(25)11-9-15-14(13-21)5-6-17-16(15)10-12-22(2)18(17)7-8-19(22)20(24)23(3)26-4;1-3-4-2;1-2-5-3-4-1;;;/h11-12,14-19,26H,3-10,13H2,1-2H3;14-19,25H,5-13H2,1-4H3;1,3-4H2,2H3;1-3H;2*1H4;/q;;-1;;;;+1/t14-,15+,16-,17-,18+,19-,22-,23+;14-,15+,16-,17-,18+,19-,21-,22+;;;;;/m11...../s1.